The Balaban J connectivity index is 2.33. The van der Waals surface area contributed by atoms with Crippen molar-refractivity contribution in [2.75, 3.05) is 5.32 Å². The van der Waals surface area contributed by atoms with E-state index >= 15 is 0 Å². The standard InChI is InChI=1S/C11H7F2N3O3S/c1-4-6(11(18)19)10(20-16-4)15-9(17)5-2-3-14-8(13)7(5)12/h2-3H,1H3,(H,15,17)(H,18,19). The molecule has 0 atom stereocenters. The number of hydrogen-bond acceptors (Lipinski definition) is 5. The van der Waals surface area contributed by atoms with E-state index in [2.05, 4.69) is 14.7 Å². The molecule has 0 saturated carbocycles. The number of nitrogens with one attached hydrogen (secondary N) is 1. The normalized spacial score (nSPS) is 10.3. The molecule has 1 amide bonds. The molecule has 2 rings (SSSR count). The highest BCUT2D eigenvalue weighted by Gasteiger charge is 2.22. The number of rotatable bonds is 3. The second-order valence-electron chi connectivity index (χ2n) is 3.69. The van der Waals surface area contributed by atoms with Crippen molar-refractivity contribution in [1.29, 1.82) is 0 Å². The van der Waals surface area contributed by atoms with Gasteiger partial charge in [0.15, 0.2) is 5.82 Å². The number of carboxylic acids is 1. The number of anilines is 1. The third kappa shape index (κ3) is 2.48. The molecular formula is C11H7F2N3O3S. The van der Waals surface area contributed by atoms with Crippen molar-refractivity contribution in [3.63, 3.8) is 0 Å². The molecule has 2 heterocycles. The van der Waals surface area contributed by atoms with E-state index in [1.54, 1.807) is 0 Å². The van der Waals surface area contributed by atoms with Crippen LogP contribution in [-0.4, -0.2) is 26.3 Å². The van der Waals surface area contributed by atoms with Gasteiger partial charge in [-0.2, -0.15) is 8.76 Å². The first-order valence-electron chi connectivity index (χ1n) is 5.22. The summed E-state index contributed by atoms with van der Waals surface area (Å²) in [4.78, 5) is 25.9. The highest BCUT2D eigenvalue weighted by atomic mass is 32.1. The quantitative estimate of drug-likeness (QED) is 0.846. The topological polar surface area (TPSA) is 92.2 Å². The number of halogens is 2. The monoisotopic (exact) mass is 299 g/mol. The van der Waals surface area contributed by atoms with Crippen LogP contribution in [-0.2, 0) is 0 Å². The predicted molar refractivity (Wildman–Crippen MR) is 65.9 cm³/mol. The Morgan fingerprint density at radius 2 is 2.10 bits per heavy atom. The number of carbonyl (C=O) groups is 2. The number of aryl methyl sites for hydroxylation is 1. The van der Waals surface area contributed by atoms with Gasteiger partial charge in [-0.05, 0) is 24.5 Å². The number of nitrogens with zero attached hydrogens (tertiary/aromatic N) is 2. The lowest BCUT2D eigenvalue weighted by Gasteiger charge is -2.04. The number of hydrogen-bond donors (Lipinski definition) is 2. The van der Waals surface area contributed by atoms with Gasteiger partial charge in [0.05, 0.1) is 11.3 Å². The van der Waals surface area contributed by atoms with Crippen LogP contribution < -0.4 is 5.32 Å². The van der Waals surface area contributed by atoms with Crippen LogP contribution >= 0.6 is 11.5 Å². The average Bonchev–Trinajstić information content (AvgIpc) is 2.73. The van der Waals surface area contributed by atoms with E-state index < -0.39 is 29.2 Å². The molecule has 0 aromatic carbocycles. The van der Waals surface area contributed by atoms with Gasteiger partial charge in [0.25, 0.3) is 5.91 Å². The number of carbonyl (C=O) groups excluding carboxylic acids is 1. The molecule has 0 spiro atoms. The number of carboxylic acid groups (broad SMARTS) is 1. The summed E-state index contributed by atoms with van der Waals surface area (Å²) in [7, 11) is 0. The summed E-state index contributed by atoms with van der Waals surface area (Å²) in [6, 6.07) is 0.988. The molecular weight excluding hydrogens is 292 g/mol. The van der Waals surface area contributed by atoms with Gasteiger partial charge in [0, 0.05) is 6.20 Å². The SMILES string of the molecule is Cc1nsc(NC(=O)c2ccnc(F)c2F)c1C(=O)O. The van der Waals surface area contributed by atoms with Crippen LogP contribution in [0.3, 0.4) is 0 Å². The second-order valence-corrected chi connectivity index (χ2v) is 4.47. The maximum absolute atomic E-state index is 13.4. The Labute approximate surface area is 115 Å². The van der Waals surface area contributed by atoms with Crippen molar-refractivity contribution in [1.82, 2.24) is 9.36 Å². The van der Waals surface area contributed by atoms with Crippen molar-refractivity contribution in [3.05, 3.63) is 40.8 Å². The first kappa shape index (κ1) is 14.0. The van der Waals surface area contributed by atoms with Gasteiger partial charge >= 0.3 is 5.97 Å². The number of pyridine rings is 1. The van der Waals surface area contributed by atoms with Crippen LogP contribution in [0.4, 0.5) is 13.8 Å². The molecule has 0 bridgehead atoms. The summed E-state index contributed by atoms with van der Waals surface area (Å²) in [6.45, 7) is 1.46. The summed E-state index contributed by atoms with van der Waals surface area (Å²) in [5, 5.41) is 11.1. The zero-order valence-electron chi connectivity index (χ0n) is 9.98. The molecule has 0 aliphatic rings. The van der Waals surface area contributed by atoms with E-state index in [4.69, 9.17) is 5.11 Å². The van der Waals surface area contributed by atoms with Crippen LogP contribution in [0.2, 0.25) is 0 Å². The fraction of sp³-hybridized carbons (Fsp3) is 0.0909. The fourth-order valence-corrected chi connectivity index (χ4v) is 2.26. The molecule has 9 heteroatoms. The van der Waals surface area contributed by atoms with E-state index in [-0.39, 0.29) is 16.3 Å². The molecule has 2 aromatic rings. The van der Waals surface area contributed by atoms with Crippen LogP contribution in [0, 0.1) is 18.7 Å². The van der Waals surface area contributed by atoms with Crippen LogP contribution in [0.15, 0.2) is 12.3 Å². The third-order valence-electron chi connectivity index (χ3n) is 2.39. The lowest BCUT2D eigenvalue weighted by atomic mass is 10.2. The van der Waals surface area contributed by atoms with E-state index in [9.17, 15) is 18.4 Å². The van der Waals surface area contributed by atoms with E-state index in [1.165, 1.54) is 6.92 Å². The highest BCUT2D eigenvalue weighted by Crippen LogP contribution is 2.25. The second kappa shape index (κ2) is 5.29. The van der Waals surface area contributed by atoms with E-state index in [1.807, 2.05) is 0 Å². The Bertz CT molecular complexity index is 702. The number of aromatic carboxylic acids is 1. The molecule has 0 fully saturated rings. The minimum absolute atomic E-state index is 0.0448. The minimum Gasteiger partial charge on any atom is -0.478 e. The minimum atomic E-state index is -1.41. The maximum atomic E-state index is 13.4. The van der Waals surface area contributed by atoms with E-state index in [0.29, 0.717) is 0 Å². The van der Waals surface area contributed by atoms with Crippen molar-refractivity contribution >= 4 is 28.4 Å². The molecule has 0 saturated heterocycles. The zero-order chi connectivity index (χ0) is 14.9. The van der Waals surface area contributed by atoms with Crippen molar-refractivity contribution < 1.29 is 23.5 Å². The summed E-state index contributed by atoms with van der Waals surface area (Å²) < 4.78 is 30.1. The molecule has 0 aliphatic heterocycles. The zero-order valence-corrected chi connectivity index (χ0v) is 10.8. The van der Waals surface area contributed by atoms with Gasteiger partial charge in [0.2, 0.25) is 5.95 Å². The van der Waals surface area contributed by atoms with Gasteiger partial charge in [-0.25, -0.2) is 14.2 Å². The fourth-order valence-electron chi connectivity index (χ4n) is 1.47. The smallest absolute Gasteiger partial charge is 0.340 e. The summed E-state index contributed by atoms with van der Waals surface area (Å²) in [5.41, 5.74) is -0.530. The van der Waals surface area contributed by atoms with Gasteiger partial charge < -0.3 is 10.4 Å². The van der Waals surface area contributed by atoms with Crippen LogP contribution in [0.1, 0.15) is 26.4 Å². The van der Waals surface area contributed by atoms with Crippen LogP contribution in [0.25, 0.3) is 0 Å². The number of aromatic nitrogens is 2. The largest absolute Gasteiger partial charge is 0.478 e. The molecule has 2 N–H and O–H groups in total. The summed E-state index contributed by atoms with van der Waals surface area (Å²) >= 11 is 0.743. The first-order valence-corrected chi connectivity index (χ1v) is 6.00. The lowest BCUT2D eigenvalue weighted by molar-refractivity contribution is 0.0697. The lowest BCUT2D eigenvalue weighted by Crippen LogP contribution is -2.16. The van der Waals surface area contributed by atoms with Crippen LogP contribution in [0.5, 0.6) is 0 Å². The molecule has 104 valence electrons. The van der Waals surface area contributed by atoms with Crippen molar-refractivity contribution in [2.24, 2.45) is 0 Å². The maximum Gasteiger partial charge on any atom is 0.340 e. The Morgan fingerprint density at radius 3 is 2.75 bits per heavy atom. The first-order chi connectivity index (χ1) is 9.41. The molecule has 0 aliphatic carbocycles. The van der Waals surface area contributed by atoms with E-state index in [0.717, 1.165) is 23.8 Å². The van der Waals surface area contributed by atoms with Crippen molar-refractivity contribution in [2.45, 2.75) is 6.92 Å². The summed E-state index contributed by atoms with van der Waals surface area (Å²) in [5.74, 6) is -5.05. The van der Waals surface area contributed by atoms with Gasteiger partial charge in [0.1, 0.15) is 10.6 Å². The predicted octanol–water partition coefficient (Wildman–Crippen LogP) is 2.08. The molecule has 6 nitrogen and oxygen atoms in total. The summed E-state index contributed by atoms with van der Waals surface area (Å²) in [6.07, 6.45) is 0.934. The highest BCUT2D eigenvalue weighted by molar-refractivity contribution is 7.11. The number of amides is 1. The van der Waals surface area contributed by atoms with Crippen molar-refractivity contribution in [3.8, 4) is 0 Å². The molecule has 20 heavy (non-hydrogen) atoms. The molecule has 2 aromatic heterocycles. The van der Waals surface area contributed by atoms with Gasteiger partial charge in [-0.1, -0.05) is 0 Å². The van der Waals surface area contributed by atoms with Gasteiger partial charge in [-0.15, -0.1) is 0 Å². The van der Waals surface area contributed by atoms with Gasteiger partial charge in [-0.3, -0.25) is 4.79 Å². The Morgan fingerprint density at radius 1 is 1.40 bits per heavy atom. The average molecular weight is 299 g/mol. The Hall–Kier alpha value is -2.42. The molecule has 0 radical (unpaired) electrons. The third-order valence-corrected chi connectivity index (χ3v) is 3.25. The Kier molecular flexibility index (Phi) is 3.70. The molecule has 0 unspecified atom stereocenters.